The number of ether oxygens (including phenoxy) is 3. The Kier molecular flexibility index (Phi) is 11.6. The third kappa shape index (κ3) is 8.77. The van der Waals surface area contributed by atoms with Crippen molar-refractivity contribution in [3.8, 4) is 22.9 Å². The lowest BCUT2D eigenvalue weighted by atomic mass is 9.85. The number of methoxy groups -OCH3 is 1. The summed E-state index contributed by atoms with van der Waals surface area (Å²) in [6, 6.07) is 5.02. The number of alkyl carbamates (subject to hydrolysis) is 1. The van der Waals surface area contributed by atoms with E-state index in [0.29, 0.717) is 33.8 Å². The maximum Gasteiger partial charge on any atom is 0.408 e. The summed E-state index contributed by atoms with van der Waals surface area (Å²) in [7, 11) is -3.27. The number of carbonyl (C=O) groups is 3. The van der Waals surface area contributed by atoms with Gasteiger partial charge in [0.1, 0.15) is 46.8 Å². The van der Waals surface area contributed by atoms with E-state index in [1.165, 1.54) is 22.3 Å². The van der Waals surface area contributed by atoms with Gasteiger partial charge in [-0.3, -0.25) is 14.2 Å². The number of carbonyl (C=O) groups excluding carboxylic acids is 3. The Morgan fingerprint density at radius 1 is 1.11 bits per heavy atom. The number of pyridine rings is 1. The van der Waals surface area contributed by atoms with Gasteiger partial charge < -0.3 is 44.8 Å². The summed E-state index contributed by atoms with van der Waals surface area (Å²) >= 11 is 1.44. The first kappa shape index (κ1) is 40.4. The quantitative estimate of drug-likeness (QED) is 0.103. The number of rotatable bonds is 13. The number of likely N-dealkylation sites (tertiary alicyclic amines) is 1. The zero-order valence-corrected chi connectivity index (χ0v) is 33.7. The smallest absolute Gasteiger partial charge is 0.408 e. The molecule has 1 unspecified atom stereocenters. The molecule has 0 bridgehead atoms. The third-order valence-corrected chi connectivity index (χ3v) is 12.8. The number of hydrogen-bond donors (Lipinski definition) is 5. The van der Waals surface area contributed by atoms with Crippen LogP contribution in [0.5, 0.6) is 11.5 Å². The van der Waals surface area contributed by atoms with Crippen LogP contribution in [0.3, 0.4) is 0 Å². The van der Waals surface area contributed by atoms with Crippen LogP contribution in [-0.2, 0) is 18.9 Å². The molecule has 15 nitrogen and oxygen atoms in total. The van der Waals surface area contributed by atoms with Crippen molar-refractivity contribution in [1.29, 1.82) is 0 Å². The first-order chi connectivity index (χ1) is 25.9. The van der Waals surface area contributed by atoms with Crippen LogP contribution in [0.25, 0.3) is 22.3 Å². The standard InChI is InChI=1S/C38H51N6O9PS/c1-8-22-18-38(22,54(48,49)50)43-33(45)30-16-25(19-44(30)34(46)32(37(4,5)6)42-36(47)53-23-11-9-10-12-23)52-31-17-28(29-20-55-35(41-29)39-21(2)3)40-27-15-24(51-7)13-14-26(27)31/h8,13-15,17,20-23,25,30,32H,1,9-12,16,18-19H2,2-7H3,(H,39,41)(H,42,47)(H,43,45)(H2,48,49,50)/t22-,25-,30+,32?,38+/m1/s1. The van der Waals surface area contributed by atoms with Crippen molar-refractivity contribution in [3.63, 3.8) is 0 Å². The highest BCUT2D eigenvalue weighted by atomic mass is 32.1. The maximum atomic E-state index is 14.6. The molecule has 3 aromatic rings. The van der Waals surface area contributed by atoms with Crippen molar-refractivity contribution in [2.75, 3.05) is 19.0 Å². The summed E-state index contributed by atoms with van der Waals surface area (Å²) in [5.41, 5.74) is 0.921. The van der Waals surface area contributed by atoms with E-state index in [9.17, 15) is 28.7 Å². The van der Waals surface area contributed by atoms with Gasteiger partial charge in [0.25, 0.3) is 0 Å². The van der Waals surface area contributed by atoms with Gasteiger partial charge in [-0.1, -0.05) is 26.8 Å². The van der Waals surface area contributed by atoms with Crippen LogP contribution in [0.2, 0.25) is 0 Å². The normalized spacial score (nSPS) is 23.4. The summed E-state index contributed by atoms with van der Waals surface area (Å²) < 4.78 is 30.5. The molecular formula is C38H51N6O9PS. The zero-order chi connectivity index (χ0) is 39.9. The molecule has 5 atom stereocenters. The average molecular weight is 799 g/mol. The molecule has 5 N–H and O–H groups in total. The van der Waals surface area contributed by atoms with Gasteiger partial charge in [0.15, 0.2) is 5.13 Å². The molecule has 298 valence electrons. The van der Waals surface area contributed by atoms with E-state index in [1.54, 1.807) is 46.1 Å². The van der Waals surface area contributed by atoms with Crippen molar-refractivity contribution < 1.29 is 42.9 Å². The Labute approximate surface area is 324 Å². The van der Waals surface area contributed by atoms with E-state index in [4.69, 9.17) is 24.2 Å². The summed E-state index contributed by atoms with van der Waals surface area (Å²) in [6.07, 6.45) is 3.10. The highest BCUT2D eigenvalue weighted by molar-refractivity contribution is 7.54. The number of benzene rings is 1. The number of anilines is 1. The van der Waals surface area contributed by atoms with E-state index < -0.39 is 60.3 Å². The molecule has 1 aromatic carbocycles. The SMILES string of the molecule is C=C[C@@H]1C[C@]1(NC(=O)[C@@H]1C[C@@H](Oc2cc(-c3csc(NC(C)C)n3)nc3cc(OC)ccc23)CN1C(=O)C(NC(=O)OC1CCCC1)C(C)(C)C)P(=O)(O)O. The lowest BCUT2D eigenvalue weighted by Crippen LogP contribution is -2.58. The number of amides is 3. The van der Waals surface area contributed by atoms with Crippen LogP contribution in [0.1, 0.15) is 73.1 Å². The van der Waals surface area contributed by atoms with Crippen molar-refractivity contribution in [3.05, 3.63) is 42.3 Å². The summed E-state index contributed by atoms with van der Waals surface area (Å²) in [6.45, 7) is 13.0. The molecule has 6 rings (SSSR count). The Hall–Kier alpha value is -4.24. The molecule has 2 aliphatic carbocycles. The molecule has 3 heterocycles. The second kappa shape index (κ2) is 15.7. The van der Waals surface area contributed by atoms with Crippen molar-refractivity contribution in [1.82, 2.24) is 25.5 Å². The fourth-order valence-electron chi connectivity index (χ4n) is 7.32. The lowest BCUT2D eigenvalue weighted by molar-refractivity contribution is -0.142. The molecule has 1 saturated heterocycles. The van der Waals surface area contributed by atoms with E-state index in [2.05, 4.69) is 22.5 Å². The Morgan fingerprint density at radius 2 is 1.84 bits per heavy atom. The third-order valence-electron chi connectivity index (χ3n) is 10.4. The number of hydrogen-bond acceptors (Lipinski definition) is 11. The van der Waals surface area contributed by atoms with E-state index in [0.717, 1.165) is 30.8 Å². The lowest BCUT2D eigenvalue weighted by Gasteiger charge is -2.35. The monoisotopic (exact) mass is 798 g/mol. The molecule has 2 aromatic heterocycles. The van der Waals surface area contributed by atoms with E-state index >= 15 is 0 Å². The highest BCUT2D eigenvalue weighted by Gasteiger charge is 2.66. The minimum Gasteiger partial charge on any atom is -0.497 e. The minimum atomic E-state index is -4.83. The molecule has 3 fully saturated rings. The van der Waals surface area contributed by atoms with Gasteiger partial charge in [0.05, 0.1) is 24.9 Å². The second-order valence-electron chi connectivity index (χ2n) is 16.0. The molecule has 0 radical (unpaired) electrons. The van der Waals surface area contributed by atoms with Gasteiger partial charge in [-0.25, -0.2) is 14.8 Å². The molecule has 0 spiro atoms. The summed E-state index contributed by atoms with van der Waals surface area (Å²) in [4.78, 5) is 73.4. The number of thiazole rings is 1. The van der Waals surface area contributed by atoms with Crippen LogP contribution in [0.15, 0.2) is 42.3 Å². The van der Waals surface area contributed by atoms with Gasteiger partial charge in [-0.2, -0.15) is 0 Å². The first-order valence-electron chi connectivity index (χ1n) is 18.6. The van der Waals surface area contributed by atoms with Crippen molar-refractivity contribution in [2.45, 2.75) is 109 Å². The van der Waals surface area contributed by atoms with Crippen molar-refractivity contribution >= 4 is 52.9 Å². The number of nitrogens with zero attached hydrogens (tertiary/aromatic N) is 3. The van der Waals surface area contributed by atoms with Crippen LogP contribution >= 0.6 is 18.9 Å². The maximum absolute atomic E-state index is 14.6. The van der Waals surface area contributed by atoms with Gasteiger partial charge in [0, 0.05) is 41.3 Å². The largest absolute Gasteiger partial charge is 0.497 e. The fourth-order valence-corrected chi connectivity index (χ4v) is 9.40. The molecule has 2 saturated carbocycles. The van der Waals surface area contributed by atoms with E-state index in [1.807, 2.05) is 25.3 Å². The highest BCUT2D eigenvalue weighted by Crippen LogP contribution is 2.67. The molecule has 3 aliphatic rings. The van der Waals surface area contributed by atoms with Gasteiger partial charge in [-0.15, -0.1) is 17.9 Å². The Balaban J connectivity index is 1.33. The predicted molar refractivity (Wildman–Crippen MR) is 209 cm³/mol. The number of nitrogens with one attached hydrogen (secondary N) is 3. The predicted octanol–water partition coefficient (Wildman–Crippen LogP) is 5.82. The number of fused-ring (bicyclic) bond motifs is 1. The molecular weight excluding hydrogens is 747 g/mol. The second-order valence-corrected chi connectivity index (χ2v) is 18.7. The molecule has 17 heteroatoms. The summed E-state index contributed by atoms with van der Waals surface area (Å²) in [5.74, 6) is -0.933. The topological polar surface area (TPSA) is 202 Å². The van der Waals surface area contributed by atoms with Gasteiger partial charge >= 0.3 is 13.7 Å². The van der Waals surface area contributed by atoms with E-state index in [-0.39, 0.29) is 31.5 Å². The molecule has 3 amide bonds. The van der Waals surface area contributed by atoms with Gasteiger partial charge in [0.2, 0.25) is 11.8 Å². The average Bonchev–Trinajstić information content (AvgIpc) is 3.50. The fraction of sp³-hybridized carbons (Fsp3) is 0.553. The molecule has 55 heavy (non-hydrogen) atoms. The Bertz CT molecular complexity index is 1990. The minimum absolute atomic E-state index is 0.00650. The van der Waals surface area contributed by atoms with Crippen molar-refractivity contribution in [2.24, 2.45) is 11.3 Å². The van der Waals surface area contributed by atoms with Gasteiger partial charge in [-0.05, 0) is 63.5 Å². The summed E-state index contributed by atoms with van der Waals surface area (Å²) in [5, 5.41) is 10.1. The number of aromatic nitrogens is 2. The van der Waals surface area contributed by atoms with Crippen LogP contribution < -0.4 is 25.4 Å². The Morgan fingerprint density at radius 3 is 2.45 bits per heavy atom. The van der Waals surface area contributed by atoms with Crippen LogP contribution in [0, 0.1) is 11.3 Å². The zero-order valence-electron chi connectivity index (χ0n) is 32.0. The van der Waals surface area contributed by atoms with Crippen LogP contribution in [0.4, 0.5) is 9.93 Å². The molecule has 1 aliphatic heterocycles. The van der Waals surface area contributed by atoms with Crippen LogP contribution in [-0.4, -0.2) is 91.8 Å². The first-order valence-corrected chi connectivity index (χ1v) is 21.1.